The molecule has 0 saturated heterocycles. The zero-order valence-corrected chi connectivity index (χ0v) is 12.3. The van der Waals surface area contributed by atoms with Crippen LogP contribution in [0.25, 0.3) is 0 Å². The summed E-state index contributed by atoms with van der Waals surface area (Å²) in [6.07, 6.45) is 6.83. The highest BCUT2D eigenvalue weighted by atomic mass is 32.2. The Kier molecular flexibility index (Phi) is 3.32. The van der Waals surface area contributed by atoms with Gasteiger partial charge in [-0.25, -0.2) is 19.9 Å². The van der Waals surface area contributed by atoms with E-state index in [2.05, 4.69) is 48.8 Å². The largest absolute Gasteiger partial charge is 0.350 e. The minimum absolute atomic E-state index is 0.624. The fourth-order valence-corrected chi connectivity index (χ4v) is 3.04. The third-order valence-electron chi connectivity index (χ3n) is 3.18. The molecule has 0 spiro atoms. The molecule has 0 saturated carbocycles. The second kappa shape index (κ2) is 5.61. The van der Waals surface area contributed by atoms with Crippen molar-refractivity contribution >= 4 is 29.2 Å². The minimum atomic E-state index is 0.624. The Hall–Kier alpha value is -2.67. The van der Waals surface area contributed by atoms with Crippen molar-refractivity contribution in [2.45, 2.75) is 16.5 Å². The first-order chi connectivity index (χ1) is 10.9. The first-order valence-corrected chi connectivity index (χ1v) is 7.60. The lowest BCUT2D eigenvalue weighted by molar-refractivity contribution is 1.03. The van der Waals surface area contributed by atoms with Gasteiger partial charge in [-0.15, -0.1) is 0 Å². The van der Waals surface area contributed by atoms with Crippen LogP contribution in [0.2, 0.25) is 0 Å². The summed E-state index contributed by atoms with van der Waals surface area (Å²) in [4.78, 5) is 18.1. The van der Waals surface area contributed by atoms with Gasteiger partial charge < -0.3 is 10.6 Å². The zero-order valence-electron chi connectivity index (χ0n) is 11.5. The van der Waals surface area contributed by atoms with E-state index in [1.165, 1.54) is 0 Å². The fourth-order valence-electron chi connectivity index (χ4n) is 2.16. The quantitative estimate of drug-likeness (QED) is 0.602. The summed E-state index contributed by atoms with van der Waals surface area (Å²) in [6, 6.07) is 8.08. The van der Waals surface area contributed by atoms with Crippen LogP contribution in [0.15, 0.2) is 59.0 Å². The van der Waals surface area contributed by atoms with Gasteiger partial charge in [0.25, 0.3) is 0 Å². The second-order valence-corrected chi connectivity index (χ2v) is 5.72. The van der Waals surface area contributed by atoms with Gasteiger partial charge in [-0.1, -0.05) is 17.8 Å². The summed E-state index contributed by atoms with van der Waals surface area (Å²) < 4.78 is 0. The molecule has 1 aliphatic heterocycles. The molecule has 1 aliphatic rings. The molecule has 0 atom stereocenters. The SMILES string of the molecule is c1cnc(NCc2ccc3c(c2)Nc2nccnc2S3)nc1. The summed E-state index contributed by atoms with van der Waals surface area (Å²) in [6.45, 7) is 0.664. The summed E-state index contributed by atoms with van der Waals surface area (Å²) in [5.74, 6) is 1.43. The Morgan fingerprint density at radius 1 is 1.00 bits per heavy atom. The van der Waals surface area contributed by atoms with E-state index in [1.807, 2.05) is 0 Å². The smallest absolute Gasteiger partial charge is 0.222 e. The molecule has 3 aromatic rings. The number of anilines is 3. The Morgan fingerprint density at radius 2 is 1.86 bits per heavy atom. The Morgan fingerprint density at radius 3 is 2.77 bits per heavy atom. The maximum Gasteiger partial charge on any atom is 0.222 e. The van der Waals surface area contributed by atoms with Crippen molar-refractivity contribution in [3.8, 4) is 0 Å². The van der Waals surface area contributed by atoms with Gasteiger partial charge in [-0.3, -0.25) is 0 Å². The number of rotatable bonds is 3. The molecule has 2 N–H and O–H groups in total. The molecule has 0 unspecified atom stereocenters. The van der Waals surface area contributed by atoms with Crippen molar-refractivity contribution in [1.82, 2.24) is 19.9 Å². The number of nitrogens with one attached hydrogen (secondary N) is 2. The van der Waals surface area contributed by atoms with Gasteiger partial charge in [0.1, 0.15) is 5.03 Å². The van der Waals surface area contributed by atoms with Crippen molar-refractivity contribution < 1.29 is 0 Å². The molecule has 3 heterocycles. The molecule has 108 valence electrons. The number of fused-ring (bicyclic) bond motifs is 2. The van der Waals surface area contributed by atoms with Crippen LogP contribution in [0.3, 0.4) is 0 Å². The number of aromatic nitrogens is 4. The highest BCUT2D eigenvalue weighted by Gasteiger charge is 2.17. The summed E-state index contributed by atoms with van der Waals surface area (Å²) in [5, 5.41) is 7.43. The molecule has 0 radical (unpaired) electrons. The van der Waals surface area contributed by atoms with Crippen LogP contribution in [-0.4, -0.2) is 19.9 Å². The average molecular weight is 308 g/mol. The van der Waals surface area contributed by atoms with E-state index in [4.69, 9.17) is 0 Å². The molecule has 0 fully saturated rings. The summed E-state index contributed by atoms with van der Waals surface area (Å²) in [5.41, 5.74) is 2.19. The average Bonchev–Trinajstić information content (AvgIpc) is 2.59. The molecule has 2 aromatic heterocycles. The van der Waals surface area contributed by atoms with Gasteiger partial charge in [-0.2, -0.15) is 0 Å². The van der Waals surface area contributed by atoms with E-state index in [-0.39, 0.29) is 0 Å². The van der Waals surface area contributed by atoms with Crippen molar-refractivity contribution in [3.05, 3.63) is 54.6 Å². The van der Waals surface area contributed by atoms with E-state index in [1.54, 1.807) is 42.6 Å². The maximum atomic E-state index is 4.33. The minimum Gasteiger partial charge on any atom is -0.350 e. The number of nitrogens with zero attached hydrogens (tertiary/aromatic N) is 4. The predicted molar refractivity (Wildman–Crippen MR) is 85.2 cm³/mol. The third kappa shape index (κ3) is 2.58. The standard InChI is InChI=1S/C15H12N6S/c1-4-18-15(19-5-1)20-9-10-2-3-12-11(8-10)21-13-14(22-12)17-7-6-16-13/h1-8H,9H2,(H,16,21)(H,18,19,20). The van der Waals surface area contributed by atoms with Crippen molar-refractivity contribution in [1.29, 1.82) is 0 Å². The molecule has 4 rings (SSSR count). The van der Waals surface area contributed by atoms with Crippen LogP contribution in [-0.2, 0) is 6.54 Å². The molecule has 0 amide bonds. The summed E-state index contributed by atoms with van der Waals surface area (Å²) in [7, 11) is 0. The number of hydrogen-bond donors (Lipinski definition) is 2. The predicted octanol–water partition coefficient (Wildman–Crippen LogP) is 3.09. The fraction of sp³-hybridized carbons (Fsp3) is 0.0667. The monoisotopic (exact) mass is 308 g/mol. The molecule has 0 bridgehead atoms. The van der Waals surface area contributed by atoms with Gasteiger partial charge in [0.05, 0.1) is 5.69 Å². The molecular weight excluding hydrogens is 296 g/mol. The van der Waals surface area contributed by atoms with E-state index in [0.717, 1.165) is 27.0 Å². The van der Waals surface area contributed by atoms with Crippen LogP contribution < -0.4 is 10.6 Å². The lowest BCUT2D eigenvalue weighted by Crippen LogP contribution is -2.06. The Bertz CT molecular complexity index is 808. The second-order valence-electron chi connectivity index (χ2n) is 4.69. The van der Waals surface area contributed by atoms with Crippen molar-refractivity contribution in [3.63, 3.8) is 0 Å². The first-order valence-electron chi connectivity index (χ1n) is 6.78. The molecule has 0 aliphatic carbocycles. The molecular formula is C15H12N6S. The number of hydrogen-bond acceptors (Lipinski definition) is 7. The van der Waals surface area contributed by atoms with E-state index < -0.39 is 0 Å². The normalized spacial score (nSPS) is 12.0. The summed E-state index contributed by atoms with van der Waals surface area (Å²) >= 11 is 1.62. The molecule has 1 aromatic carbocycles. The van der Waals surface area contributed by atoms with E-state index >= 15 is 0 Å². The van der Waals surface area contributed by atoms with Crippen LogP contribution in [0.4, 0.5) is 17.5 Å². The van der Waals surface area contributed by atoms with Crippen LogP contribution in [0.1, 0.15) is 5.56 Å². The highest BCUT2D eigenvalue weighted by molar-refractivity contribution is 7.99. The van der Waals surface area contributed by atoms with E-state index in [9.17, 15) is 0 Å². The van der Waals surface area contributed by atoms with Crippen LogP contribution in [0, 0.1) is 0 Å². The van der Waals surface area contributed by atoms with Gasteiger partial charge in [0.2, 0.25) is 5.95 Å². The van der Waals surface area contributed by atoms with Crippen LogP contribution >= 0.6 is 11.8 Å². The molecule has 22 heavy (non-hydrogen) atoms. The van der Waals surface area contributed by atoms with Gasteiger partial charge in [0, 0.05) is 36.2 Å². The van der Waals surface area contributed by atoms with E-state index in [0.29, 0.717) is 12.5 Å². The van der Waals surface area contributed by atoms with Crippen molar-refractivity contribution in [2.75, 3.05) is 10.6 Å². The van der Waals surface area contributed by atoms with Crippen LogP contribution in [0.5, 0.6) is 0 Å². The van der Waals surface area contributed by atoms with Gasteiger partial charge in [-0.05, 0) is 23.8 Å². The van der Waals surface area contributed by atoms with Gasteiger partial charge >= 0.3 is 0 Å². The lowest BCUT2D eigenvalue weighted by Gasteiger charge is -2.19. The topological polar surface area (TPSA) is 75.6 Å². The third-order valence-corrected chi connectivity index (χ3v) is 4.25. The lowest BCUT2D eigenvalue weighted by atomic mass is 10.2. The number of benzene rings is 1. The maximum absolute atomic E-state index is 4.33. The molecule has 6 nitrogen and oxygen atoms in total. The Balaban J connectivity index is 1.53. The Labute approximate surface area is 131 Å². The van der Waals surface area contributed by atoms with Gasteiger partial charge in [0.15, 0.2) is 5.82 Å². The highest BCUT2D eigenvalue weighted by Crippen LogP contribution is 2.41. The van der Waals surface area contributed by atoms with Crippen molar-refractivity contribution in [2.24, 2.45) is 0 Å². The first kappa shape index (κ1) is 13.0. The molecule has 7 heteroatoms. The zero-order chi connectivity index (χ0) is 14.8.